The van der Waals surface area contributed by atoms with Gasteiger partial charge in [-0.3, -0.25) is 4.68 Å². The molecule has 0 spiro atoms. The molecule has 5 heteroatoms. The molecule has 2 aromatic carbocycles. The number of hydrogen-bond acceptors (Lipinski definition) is 3. The summed E-state index contributed by atoms with van der Waals surface area (Å²) in [6.07, 6.45) is 1.91. The molecule has 0 amide bonds. The topological polar surface area (TPSA) is 36.3 Å². The second-order valence-corrected chi connectivity index (χ2v) is 4.77. The monoisotopic (exact) mass is 286 g/mol. The van der Waals surface area contributed by atoms with Crippen LogP contribution in [0.25, 0.3) is 22.0 Å². The summed E-state index contributed by atoms with van der Waals surface area (Å²) in [5, 5.41) is 5.29. The number of halogens is 1. The van der Waals surface area contributed by atoms with Crippen molar-refractivity contribution >= 4 is 10.9 Å². The molecule has 1 aromatic heterocycles. The molecule has 0 saturated heterocycles. The Labute approximate surface area is 121 Å². The van der Waals surface area contributed by atoms with Gasteiger partial charge in [0.2, 0.25) is 0 Å². The first-order valence-electron chi connectivity index (χ1n) is 6.52. The Bertz CT molecular complexity index is 783. The largest absolute Gasteiger partial charge is 0.467 e. The van der Waals surface area contributed by atoms with E-state index >= 15 is 0 Å². The second-order valence-electron chi connectivity index (χ2n) is 4.77. The Morgan fingerprint density at radius 3 is 2.81 bits per heavy atom. The van der Waals surface area contributed by atoms with Crippen LogP contribution in [0.15, 0.2) is 42.6 Å². The number of hydrogen-bond donors (Lipinski definition) is 0. The number of methoxy groups -OCH3 is 1. The highest BCUT2D eigenvalue weighted by atomic mass is 19.1. The van der Waals surface area contributed by atoms with Crippen molar-refractivity contribution in [2.75, 3.05) is 13.9 Å². The molecule has 0 atom stereocenters. The Balaban J connectivity index is 1.97. The molecule has 1 heterocycles. The van der Waals surface area contributed by atoms with Gasteiger partial charge in [-0.25, -0.2) is 4.39 Å². The van der Waals surface area contributed by atoms with E-state index in [-0.39, 0.29) is 12.6 Å². The van der Waals surface area contributed by atoms with E-state index in [1.54, 1.807) is 16.8 Å². The summed E-state index contributed by atoms with van der Waals surface area (Å²) in [5.41, 5.74) is 2.23. The Hall–Kier alpha value is -2.40. The van der Waals surface area contributed by atoms with E-state index in [2.05, 4.69) is 5.10 Å². The predicted molar refractivity (Wildman–Crippen MR) is 78.6 cm³/mol. The Kier molecular flexibility index (Phi) is 3.58. The summed E-state index contributed by atoms with van der Waals surface area (Å²) in [5.74, 6) is 0.118. The lowest BCUT2D eigenvalue weighted by Gasteiger charge is -2.08. The third-order valence-corrected chi connectivity index (χ3v) is 3.21. The van der Waals surface area contributed by atoms with Crippen molar-refractivity contribution in [1.82, 2.24) is 9.78 Å². The van der Waals surface area contributed by atoms with Gasteiger partial charge in [0, 0.05) is 37.4 Å². The molecule has 0 aliphatic carbocycles. The molecule has 4 nitrogen and oxygen atoms in total. The van der Waals surface area contributed by atoms with Crippen LogP contribution in [-0.2, 0) is 11.8 Å². The SMILES string of the molecule is COCOc1ccc(-c2ccc3nn(C)cc3c2)c(F)c1. The minimum Gasteiger partial charge on any atom is -0.467 e. The lowest BCUT2D eigenvalue weighted by Crippen LogP contribution is -1.99. The fourth-order valence-electron chi connectivity index (χ4n) is 2.26. The molecule has 0 bridgehead atoms. The van der Waals surface area contributed by atoms with Gasteiger partial charge in [-0.2, -0.15) is 5.10 Å². The molecule has 108 valence electrons. The lowest BCUT2D eigenvalue weighted by molar-refractivity contribution is 0.0509. The minimum atomic E-state index is -0.327. The van der Waals surface area contributed by atoms with Gasteiger partial charge in [0.25, 0.3) is 0 Å². The van der Waals surface area contributed by atoms with Crippen LogP contribution in [0.3, 0.4) is 0 Å². The van der Waals surface area contributed by atoms with Gasteiger partial charge in [0.05, 0.1) is 5.52 Å². The molecular weight excluding hydrogens is 271 g/mol. The van der Waals surface area contributed by atoms with Gasteiger partial charge in [0.1, 0.15) is 11.6 Å². The van der Waals surface area contributed by atoms with Gasteiger partial charge in [-0.15, -0.1) is 0 Å². The zero-order valence-electron chi connectivity index (χ0n) is 11.8. The van der Waals surface area contributed by atoms with E-state index in [0.717, 1.165) is 16.5 Å². The summed E-state index contributed by atoms with van der Waals surface area (Å²) in [6.45, 7) is 0.0976. The van der Waals surface area contributed by atoms with E-state index in [4.69, 9.17) is 9.47 Å². The predicted octanol–water partition coefficient (Wildman–Crippen LogP) is 3.36. The maximum atomic E-state index is 14.2. The molecular formula is C16H15FN2O2. The van der Waals surface area contributed by atoms with Crippen LogP contribution in [-0.4, -0.2) is 23.7 Å². The van der Waals surface area contributed by atoms with Crippen LogP contribution < -0.4 is 4.74 Å². The van der Waals surface area contributed by atoms with Crippen molar-refractivity contribution in [2.24, 2.45) is 7.05 Å². The van der Waals surface area contributed by atoms with Gasteiger partial charge >= 0.3 is 0 Å². The number of ether oxygens (including phenoxy) is 2. The number of nitrogens with zero attached hydrogens (tertiary/aromatic N) is 2. The van der Waals surface area contributed by atoms with Crippen LogP contribution >= 0.6 is 0 Å². The minimum absolute atomic E-state index is 0.0976. The van der Waals surface area contributed by atoms with Crippen LogP contribution in [0.4, 0.5) is 4.39 Å². The third-order valence-electron chi connectivity index (χ3n) is 3.21. The molecule has 3 rings (SSSR count). The number of fused-ring (bicyclic) bond motifs is 1. The van der Waals surface area contributed by atoms with Gasteiger partial charge in [-0.1, -0.05) is 6.07 Å². The molecule has 0 fully saturated rings. The zero-order chi connectivity index (χ0) is 14.8. The van der Waals surface area contributed by atoms with Gasteiger partial charge in [0.15, 0.2) is 6.79 Å². The molecule has 0 aliphatic rings. The normalized spacial score (nSPS) is 11.0. The molecule has 0 saturated carbocycles. The lowest BCUT2D eigenvalue weighted by atomic mass is 10.0. The smallest absolute Gasteiger partial charge is 0.188 e. The van der Waals surface area contributed by atoms with Crippen molar-refractivity contribution in [1.29, 1.82) is 0 Å². The van der Waals surface area contributed by atoms with E-state index in [1.807, 2.05) is 31.4 Å². The average Bonchev–Trinajstić information content (AvgIpc) is 2.84. The maximum absolute atomic E-state index is 14.2. The van der Waals surface area contributed by atoms with Gasteiger partial charge in [-0.05, 0) is 29.8 Å². The van der Waals surface area contributed by atoms with Crippen LogP contribution in [0, 0.1) is 5.82 Å². The van der Waals surface area contributed by atoms with Crippen LogP contribution in [0.1, 0.15) is 0 Å². The highest BCUT2D eigenvalue weighted by Gasteiger charge is 2.08. The van der Waals surface area contributed by atoms with Crippen LogP contribution in [0.5, 0.6) is 5.75 Å². The fraction of sp³-hybridized carbons (Fsp3) is 0.188. The summed E-state index contributed by atoms with van der Waals surface area (Å²) >= 11 is 0. The molecule has 0 aliphatic heterocycles. The van der Waals surface area contributed by atoms with Crippen LogP contribution in [0.2, 0.25) is 0 Å². The standard InChI is InChI=1S/C16H15FN2O2/c1-19-9-12-7-11(3-6-16(12)18-19)14-5-4-13(8-15(14)17)21-10-20-2/h3-9H,10H2,1-2H3. The molecule has 0 N–H and O–H groups in total. The first-order valence-corrected chi connectivity index (χ1v) is 6.52. The second kappa shape index (κ2) is 5.54. The first kappa shape index (κ1) is 13.6. The Morgan fingerprint density at radius 2 is 2.05 bits per heavy atom. The molecule has 0 unspecified atom stereocenters. The maximum Gasteiger partial charge on any atom is 0.188 e. The van der Waals surface area contributed by atoms with Crippen molar-refractivity contribution in [3.8, 4) is 16.9 Å². The fourth-order valence-corrected chi connectivity index (χ4v) is 2.26. The quantitative estimate of drug-likeness (QED) is 0.690. The number of aromatic nitrogens is 2. The van der Waals surface area contributed by atoms with Crippen molar-refractivity contribution in [2.45, 2.75) is 0 Å². The third kappa shape index (κ3) is 2.73. The molecule has 0 radical (unpaired) electrons. The zero-order valence-corrected chi connectivity index (χ0v) is 11.8. The molecule has 3 aromatic rings. The summed E-state index contributed by atoms with van der Waals surface area (Å²) in [4.78, 5) is 0. The van der Waals surface area contributed by atoms with E-state index < -0.39 is 0 Å². The number of benzene rings is 2. The highest BCUT2D eigenvalue weighted by molar-refractivity contribution is 5.84. The first-order chi connectivity index (χ1) is 10.2. The van der Waals surface area contributed by atoms with E-state index in [1.165, 1.54) is 13.2 Å². The summed E-state index contributed by atoms with van der Waals surface area (Å²) < 4.78 is 26.0. The Morgan fingerprint density at radius 1 is 1.19 bits per heavy atom. The summed E-state index contributed by atoms with van der Waals surface area (Å²) in [7, 11) is 3.38. The van der Waals surface area contributed by atoms with Crippen molar-refractivity contribution < 1.29 is 13.9 Å². The van der Waals surface area contributed by atoms with Gasteiger partial charge < -0.3 is 9.47 Å². The van der Waals surface area contributed by atoms with Crippen molar-refractivity contribution in [3.63, 3.8) is 0 Å². The average molecular weight is 286 g/mol. The number of aryl methyl sites for hydroxylation is 1. The van der Waals surface area contributed by atoms with E-state index in [9.17, 15) is 4.39 Å². The van der Waals surface area contributed by atoms with E-state index in [0.29, 0.717) is 11.3 Å². The highest BCUT2D eigenvalue weighted by Crippen LogP contribution is 2.28. The molecule has 21 heavy (non-hydrogen) atoms. The van der Waals surface area contributed by atoms with Crippen molar-refractivity contribution in [3.05, 3.63) is 48.4 Å². The number of rotatable bonds is 4. The summed E-state index contributed by atoms with van der Waals surface area (Å²) in [6, 6.07) is 10.5.